The summed E-state index contributed by atoms with van der Waals surface area (Å²) in [5.74, 6) is 0. The predicted molar refractivity (Wildman–Crippen MR) is 51.3 cm³/mol. The van der Waals surface area contributed by atoms with Crippen LogP contribution in [-0.4, -0.2) is 0 Å². The second kappa shape index (κ2) is 11.2. The van der Waals surface area contributed by atoms with Crippen molar-refractivity contribution in [2.75, 3.05) is 0 Å². The van der Waals surface area contributed by atoms with Crippen LogP contribution >= 0.6 is 0 Å². The van der Waals surface area contributed by atoms with Crippen molar-refractivity contribution in [1.82, 2.24) is 0 Å². The minimum atomic E-state index is 0. The van der Waals surface area contributed by atoms with Gasteiger partial charge in [0.2, 0.25) is 0 Å². The van der Waals surface area contributed by atoms with Gasteiger partial charge in [-0.1, -0.05) is 30.3 Å². The Morgan fingerprint density at radius 3 is 2.25 bits per heavy atom. The molecule has 0 atom stereocenters. The maximum absolute atomic E-state index is 8.19. The van der Waals surface area contributed by atoms with Gasteiger partial charge in [0.1, 0.15) is 0 Å². The van der Waals surface area contributed by atoms with E-state index in [1.807, 2.05) is 6.07 Å². The fraction of sp³-hybridized carbons (Fsp3) is 0.167. The van der Waals surface area contributed by atoms with Crippen molar-refractivity contribution < 1.29 is 45.9 Å². The molecule has 1 aromatic carbocycles. The summed E-state index contributed by atoms with van der Waals surface area (Å²) in [7, 11) is 0. The van der Waals surface area contributed by atoms with Crippen LogP contribution in [0.3, 0.4) is 0 Å². The van der Waals surface area contributed by atoms with Crippen LogP contribution in [0.25, 0.3) is 0 Å². The van der Waals surface area contributed by atoms with Gasteiger partial charge in [-0.15, -0.1) is 6.42 Å². The number of hydrogen-bond acceptors (Lipinski definition) is 1. The molecule has 1 aliphatic carbocycles. The molecular formula is C12H11Cl2OV-. The van der Waals surface area contributed by atoms with E-state index in [4.69, 9.17) is 3.67 Å². The van der Waals surface area contributed by atoms with Gasteiger partial charge < -0.3 is 24.8 Å². The molecule has 0 radical (unpaired) electrons. The van der Waals surface area contributed by atoms with Crippen molar-refractivity contribution in [3.8, 4) is 0 Å². The Balaban J connectivity index is 0. The zero-order valence-corrected chi connectivity index (χ0v) is 11.5. The van der Waals surface area contributed by atoms with Crippen molar-refractivity contribution in [1.29, 1.82) is 0 Å². The summed E-state index contributed by atoms with van der Waals surface area (Å²) in [5, 5.41) is 0. The zero-order chi connectivity index (χ0) is 10.2. The standard InChI is InChI=1S/C12H11.2ClH.O.V/c1-2-6-11(7-3-1)10-12-8-4-5-9-12;;;;/h1-4,6-8H,5,10H2;2*1H;;/q-1;;;;+2/p-2. The Hall–Kier alpha value is -0.336. The van der Waals surface area contributed by atoms with Crippen molar-refractivity contribution in [2.24, 2.45) is 0 Å². The van der Waals surface area contributed by atoms with Gasteiger partial charge >= 0.3 is 21.0 Å². The molecular weight excluding hydrogens is 282 g/mol. The predicted octanol–water partition coefficient (Wildman–Crippen LogP) is -3.19. The van der Waals surface area contributed by atoms with Gasteiger partial charge in [-0.3, -0.25) is 6.08 Å². The molecule has 0 amide bonds. The van der Waals surface area contributed by atoms with Gasteiger partial charge in [-0.25, -0.2) is 11.6 Å². The molecule has 1 aromatic rings. The van der Waals surface area contributed by atoms with Gasteiger partial charge in [0.25, 0.3) is 0 Å². The molecule has 0 aromatic heterocycles. The molecule has 85 valence electrons. The van der Waals surface area contributed by atoms with Crippen molar-refractivity contribution >= 4 is 0 Å². The average molecular weight is 293 g/mol. The first kappa shape index (κ1) is 18.0. The van der Waals surface area contributed by atoms with Crippen LogP contribution in [0.4, 0.5) is 0 Å². The van der Waals surface area contributed by atoms with Gasteiger partial charge in [-0.05, 0) is 12.0 Å². The summed E-state index contributed by atoms with van der Waals surface area (Å²) in [6.07, 6.45) is 9.63. The van der Waals surface area contributed by atoms with E-state index in [0.717, 1.165) is 30.2 Å². The summed E-state index contributed by atoms with van der Waals surface area (Å²) in [5.41, 5.74) is 2.69. The summed E-state index contributed by atoms with van der Waals surface area (Å²) >= 11 is 1.06. The molecule has 1 nitrogen and oxygen atoms in total. The third-order valence-electron chi connectivity index (χ3n) is 2.00. The SMILES string of the molecule is [C-]1=C(Cc2ccccc2)C=CC1.[Cl-].[Cl-].[O]=[V+2]. The third-order valence-corrected chi connectivity index (χ3v) is 2.00. The summed E-state index contributed by atoms with van der Waals surface area (Å²) in [6.45, 7) is 0. The first-order valence-corrected chi connectivity index (χ1v) is 5.00. The Bertz CT molecular complexity index is 336. The van der Waals surface area contributed by atoms with Crippen LogP contribution < -0.4 is 24.8 Å². The molecule has 0 bridgehead atoms. The molecule has 0 N–H and O–H groups in total. The summed E-state index contributed by atoms with van der Waals surface area (Å²) in [6, 6.07) is 10.5. The topological polar surface area (TPSA) is 17.1 Å². The van der Waals surface area contributed by atoms with Crippen LogP contribution in [0.1, 0.15) is 12.0 Å². The average Bonchev–Trinajstić information content (AvgIpc) is 2.75. The van der Waals surface area contributed by atoms with E-state index in [1.165, 1.54) is 11.1 Å². The Morgan fingerprint density at radius 2 is 1.75 bits per heavy atom. The van der Waals surface area contributed by atoms with E-state index < -0.39 is 0 Å². The van der Waals surface area contributed by atoms with Crippen LogP contribution in [0.5, 0.6) is 0 Å². The fourth-order valence-electron chi connectivity index (χ4n) is 1.39. The summed E-state index contributed by atoms with van der Waals surface area (Å²) < 4.78 is 8.19. The molecule has 0 spiro atoms. The van der Waals surface area contributed by atoms with Crippen LogP contribution in [-0.2, 0) is 27.5 Å². The van der Waals surface area contributed by atoms with Gasteiger partial charge in [0.05, 0.1) is 0 Å². The number of hydrogen-bond donors (Lipinski definition) is 0. The molecule has 0 fully saturated rings. The van der Waals surface area contributed by atoms with Crippen LogP contribution in [0.15, 0.2) is 48.1 Å². The van der Waals surface area contributed by atoms with E-state index in [9.17, 15) is 0 Å². The molecule has 16 heavy (non-hydrogen) atoms. The second-order valence-corrected chi connectivity index (χ2v) is 2.97. The quantitative estimate of drug-likeness (QED) is 0.525. The first-order chi connectivity index (χ1) is 6.95. The maximum atomic E-state index is 8.19. The Morgan fingerprint density at radius 1 is 1.12 bits per heavy atom. The van der Waals surface area contributed by atoms with Crippen molar-refractivity contribution in [2.45, 2.75) is 12.8 Å². The molecule has 0 saturated carbocycles. The molecule has 0 saturated heterocycles. The van der Waals surface area contributed by atoms with Gasteiger partial charge in [-0.2, -0.15) is 6.08 Å². The molecule has 2 rings (SSSR count). The van der Waals surface area contributed by atoms with Gasteiger partial charge in [0, 0.05) is 0 Å². The monoisotopic (exact) mass is 292 g/mol. The van der Waals surface area contributed by atoms with E-state index in [0.29, 0.717) is 0 Å². The minimum absolute atomic E-state index is 0. The second-order valence-electron chi connectivity index (χ2n) is 2.97. The van der Waals surface area contributed by atoms with Crippen molar-refractivity contribution in [3.05, 3.63) is 59.7 Å². The Kier molecular flexibility index (Phi) is 12.6. The molecule has 0 unspecified atom stereocenters. The molecule has 0 aliphatic heterocycles. The number of allylic oxidation sites excluding steroid dienone is 4. The van der Waals surface area contributed by atoms with Crippen LogP contribution in [0, 0.1) is 6.08 Å². The fourth-order valence-corrected chi connectivity index (χ4v) is 1.39. The normalized spacial score (nSPS) is 11.5. The van der Waals surface area contributed by atoms with E-state index in [1.54, 1.807) is 0 Å². The van der Waals surface area contributed by atoms with Gasteiger partial charge in [0.15, 0.2) is 0 Å². The molecule has 0 heterocycles. The first-order valence-electron chi connectivity index (χ1n) is 4.43. The van der Waals surface area contributed by atoms with E-state index in [2.05, 4.69) is 42.5 Å². The zero-order valence-electron chi connectivity index (χ0n) is 8.57. The molecule has 1 aliphatic rings. The Labute approximate surface area is 118 Å². The number of rotatable bonds is 2. The molecule has 4 heteroatoms. The third kappa shape index (κ3) is 6.29. The van der Waals surface area contributed by atoms with E-state index >= 15 is 0 Å². The van der Waals surface area contributed by atoms with Crippen molar-refractivity contribution in [3.63, 3.8) is 0 Å². The van der Waals surface area contributed by atoms with Crippen LogP contribution in [0.2, 0.25) is 0 Å². The van der Waals surface area contributed by atoms with E-state index in [-0.39, 0.29) is 24.8 Å². The number of benzene rings is 1. The summed E-state index contributed by atoms with van der Waals surface area (Å²) in [4.78, 5) is 0. The number of halogens is 2.